The first-order valence-corrected chi connectivity index (χ1v) is 9.33. The minimum Gasteiger partial charge on any atom is -0.345 e. The smallest absolute Gasteiger partial charge is 0.327 e. The lowest BCUT2D eigenvalue weighted by Gasteiger charge is -2.19. The van der Waals surface area contributed by atoms with E-state index in [9.17, 15) is 19.2 Å². The third-order valence-electron chi connectivity index (χ3n) is 4.36. The number of amides is 4. The molecule has 1 fully saturated rings. The number of rotatable bonds is 6. The average molecular weight is 394 g/mol. The minimum atomic E-state index is -0.960. The van der Waals surface area contributed by atoms with E-state index in [4.69, 9.17) is 0 Å². The van der Waals surface area contributed by atoms with Gasteiger partial charge in [0, 0.05) is 18.0 Å². The van der Waals surface area contributed by atoms with Crippen molar-refractivity contribution in [1.29, 1.82) is 0 Å². The van der Waals surface area contributed by atoms with Gasteiger partial charge in [0.15, 0.2) is 0 Å². The van der Waals surface area contributed by atoms with Gasteiger partial charge < -0.3 is 10.6 Å². The maximum absolute atomic E-state index is 12.6. The van der Waals surface area contributed by atoms with Crippen molar-refractivity contribution in [2.24, 2.45) is 0 Å². The third kappa shape index (κ3) is 6.17. The van der Waals surface area contributed by atoms with Gasteiger partial charge in [-0.3, -0.25) is 30.0 Å². The summed E-state index contributed by atoms with van der Waals surface area (Å²) in [6, 6.07) is 16.7. The molecule has 0 unspecified atom stereocenters. The van der Waals surface area contributed by atoms with E-state index in [-0.39, 0.29) is 12.5 Å². The summed E-state index contributed by atoms with van der Waals surface area (Å²) >= 11 is 0. The molecule has 0 bridgehead atoms. The summed E-state index contributed by atoms with van der Waals surface area (Å²) < 4.78 is 0. The molecule has 3 rings (SSSR count). The second-order valence-corrected chi connectivity index (χ2v) is 6.77. The average Bonchev–Trinajstić information content (AvgIpc) is 3.56. The second kappa shape index (κ2) is 9.50. The van der Waals surface area contributed by atoms with Gasteiger partial charge in [0.2, 0.25) is 0 Å². The molecule has 1 aliphatic rings. The van der Waals surface area contributed by atoms with Crippen LogP contribution in [0.4, 0.5) is 0 Å². The predicted octanol–water partition coefficient (Wildman–Crippen LogP) is 0.454. The van der Waals surface area contributed by atoms with Crippen molar-refractivity contribution in [2.75, 3.05) is 0 Å². The summed E-state index contributed by atoms with van der Waals surface area (Å²) in [5, 5.41) is 5.20. The van der Waals surface area contributed by atoms with Gasteiger partial charge in [-0.1, -0.05) is 48.5 Å². The van der Waals surface area contributed by atoms with Crippen molar-refractivity contribution in [3.05, 3.63) is 71.8 Å². The fraction of sp³-hybridized carbons (Fsp3) is 0.238. The monoisotopic (exact) mass is 394 g/mol. The summed E-state index contributed by atoms with van der Waals surface area (Å²) in [6.07, 6.45) is 1.90. The Balaban J connectivity index is 1.62. The van der Waals surface area contributed by atoms with Gasteiger partial charge in [-0.2, -0.15) is 0 Å². The summed E-state index contributed by atoms with van der Waals surface area (Å²) in [5.41, 5.74) is 5.55. The number of carbonyl (C=O) groups is 4. The molecule has 150 valence electrons. The van der Waals surface area contributed by atoms with Gasteiger partial charge >= 0.3 is 11.8 Å². The van der Waals surface area contributed by atoms with Crippen molar-refractivity contribution in [1.82, 2.24) is 21.5 Å². The number of hydrogen-bond donors (Lipinski definition) is 4. The molecular formula is C21H22N4O4. The van der Waals surface area contributed by atoms with Crippen LogP contribution in [0, 0.1) is 0 Å². The van der Waals surface area contributed by atoms with Crippen molar-refractivity contribution < 1.29 is 19.2 Å². The molecule has 8 nitrogen and oxygen atoms in total. The standard InChI is InChI=1S/C21H22N4O4/c26-18(15-9-5-2-6-10-15)23-17(13-14-7-3-1-4-8-14)19(27)24-25-21(29)20(28)22-16-11-12-16/h1-10,16-17H,11-13H2,(H,22,28)(H,23,26)(H,24,27)(H,25,29)/t17-/m0/s1. The van der Waals surface area contributed by atoms with E-state index in [1.807, 2.05) is 30.3 Å². The first-order chi connectivity index (χ1) is 14.0. The SMILES string of the molecule is O=C(NNC(=O)[C@H](Cc1ccccc1)NC(=O)c1ccccc1)C(=O)NC1CC1. The molecule has 4 amide bonds. The summed E-state index contributed by atoms with van der Waals surface area (Å²) in [7, 11) is 0. The van der Waals surface area contributed by atoms with Gasteiger partial charge in [-0.25, -0.2) is 0 Å². The molecule has 1 saturated carbocycles. The number of hydrazine groups is 1. The molecule has 1 aliphatic carbocycles. The zero-order valence-electron chi connectivity index (χ0n) is 15.7. The van der Waals surface area contributed by atoms with Crippen LogP contribution in [0.1, 0.15) is 28.8 Å². The molecule has 1 atom stereocenters. The van der Waals surface area contributed by atoms with Crippen molar-refractivity contribution in [3.8, 4) is 0 Å². The molecule has 0 radical (unpaired) electrons. The van der Waals surface area contributed by atoms with E-state index in [0.29, 0.717) is 5.56 Å². The molecule has 4 N–H and O–H groups in total. The van der Waals surface area contributed by atoms with E-state index in [1.165, 1.54) is 0 Å². The highest BCUT2D eigenvalue weighted by molar-refractivity contribution is 6.35. The lowest BCUT2D eigenvalue weighted by molar-refractivity contribution is -0.141. The normalized spacial score (nSPS) is 13.7. The quantitative estimate of drug-likeness (QED) is 0.421. The molecule has 0 spiro atoms. The van der Waals surface area contributed by atoms with Gasteiger partial charge in [-0.05, 0) is 30.5 Å². The predicted molar refractivity (Wildman–Crippen MR) is 105 cm³/mol. The lowest BCUT2D eigenvalue weighted by atomic mass is 10.0. The Labute approximate surface area is 168 Å². The highest BCUT2D eigenvalue weighted by Crippen LogP contribution is 2.18. The van der Waals surface area contributed by atoms with Crippen molar-refractivity contribution >= 4 is 23.6 Å². The topological polar surface area (TPSA) is 116 Å². The first kappa shape index (κ1) is 20.1. The fourth-order valence-electron chi connectivity index (χ4n) is 2.63. The van der Waals surface area contributed by atoms with Crippen LogP contribution >= 0.6 is 0 Å². The Kier molecular flexibility index (Phi) is 6.57. The van der Waals surface area contributed by atoms with Gasteiger partial charge in [-0.15, -0.1) is 0 Å². The third-order valence-corrected chi connectivity index (χ3v) is 4.36. The van der Waals surface area contributed by atoms with Gasteiger partial charge in [0.1, 0.15) is 6.04 Å². The summed E-state index contributed by atoms with van der Waals surface area (Å²) in [6.45, 7) is 0. The molecule has 2 aromatic carbocycles. The van der Waals surface area contributed by atoms with Crippen LogP contribution in [0.5, 0.6) is 0 Å². The van der Waals surface area contributed by atoms with Crippen LogP contribution in [0.2, 0.25) is 0 Å². The Hall–Kier alpha value is -3.68. The second-order valence-electron chi connectivity index (χ2n) is 6.77. The molecule has 8 heteroatoms. The lowest BCUT2D eigenvalue weighted by Crippen LogP contribution is -2.55. The van der Waals surface area contributed by atoms with Gasteiger partial charge in [0.05, 0.1) is 0 Å². The van der Waals surface area contributed by atoms with Gasteiger partial charge in [0.25, 0.3) is 11.8 Å². The number of nitrogens with one attached hydrogen (secondary N) is 4. The van der Waals surface area contributed by atoms with E-state index < -0.39 is 29.7 Å². The van der Waals surface area contributed by atoms with E-state index in [0.717, 1.165) is 18.4 Å². The molecular weight excluding hydrogens is 372 g/mol. The van der Waals surface area contributed by atoms with Crippen LogP contribution in [0.3, 0.4) is 0 Å². The van der Waals surface area contributed by atoms with E-state index in [1.54, 1.807) is 30.3 Å². The maximum Gasteiger partial charge on any atom is 0.327 e. The molecule has 0 saturated heterocycles. The Morgan fingerprint density at radius 3 is 2.07 bits per heavy atom. The van der Waals surface area contributed by atoms with Crippen molar-refractivity contribution in [3.63, 3.8) is 0 Å². The molecule has 0 aromatic heterocycles. The van der Waals surface area contributed by atoms with Crippen LogP contribution < -0.4 is 21.5 Å². The zero-order valence-corrected chi connectivity index (χ0v) is 15.7. The van der Waals surface area contributed by atoms with E-state index >= 15 is 0 Å². The number of benzene rings is 2. The zero-order chi connectivity index (χ0) is 20.6. The number of hydrogen-bond acceptors (Lipinski definition) is 4. The largest absolute Gasteiger partial charge is 0.345 e. The Morgan fingerprint density at radius 1 is 0.828 bits per heavy atom. The fourth-order valence-corrected chi connectivity index (χ4v) is 2.63. The molecule has 0 aliphatic heterocycles. The van der Waals surface area contributed by atoms with Crippen molar-refractivity contribution in [2.45, 2.75) is 31.3 Å². The minimum absolute atomic E-state index is 0.0277. The molecule has 29 heavy (non-hydrogen) atoms. The van der Waals surface area contributed by atoms with Crippen LogP contribution in [0.15, 0.2) is 60.7 Å². The summed E-state index contributed by atoms with van der Waals surface area (Å²) in [4.78, 5) is 48.6. The van der Waals surface area contributed by atoms with Crippen LogP contribution in [-0.4, -0.2) is 35.7 Å². The summed E-state index contributed by atoms with van der Waals surface area (Å²) in [5.74, 6) is -2.82. The molecule has 0 heterocycles. The maximum atomic E-state index is 12.6. The molecule has 2 aromatic rings. The van der Waals surface area contributed by atoms with Crippen LogP contribution in [0.25, 0.3) is 0 Å². The highest BCUT2D eigenvalue weighted by atomic mass is 16.2. The first-order valence-electron chi connectivity index (χ1n) is 9.33. The Bertz CT molecular complexity index is 882. The highest BCUT2D eigenvalue weighted by Gasteiger charge is 2.27. The van der Waals surface area contributed by atoms with Crippen LogP contribution in [-0.2, 0) is 20.8 Å². The number of carbonyl (C=O) groups excluding carboxylic acids is 4. The Morgan fingerprint density at radius 2 is 1.45 bits per heavy atom. The van der Waals surface area contributed by atoms with E-state index in [2.05, 4.69) is 21.5 Å².